The van der Waals surface area contributed by atoms with E-state index in [1.165, 1.54) is 5.57 Å². The molecule has 2 aromatic heterocycles. The molecular formula is C25H28F2N4O. The van der Waals surface area contributed by atoms with Crippen LogP contribution >= 0.6 is 0 Å². The van der Waals surface area contributed by atoms with Gasteiger partial charge in [0.1, 0.15) is 11.6 Å². The second-order valence-corrected chi connectivity index (χ2v) is 9.25. The molecule has 32 heavy (non-hydrogen) atoms. The molecule has 0 radical (unpaired) electrons. The third-order valence-corrected chi connectivity index (χ3v) is 6.72. The predicted octanol–water partition coefficient (Wildman–Crippen LogP) is 5.31. The first-order valence-corrected chi connectivity index (χ1v) is 11.4. The summed E-state index contributed by atoms with van der Waals surface area (Å²) in [5.74, 6) is 1.87. The molecule has 2 heterocycles. The van der Waals surface area contributed by atoms with Gasteiger partial charge >= 0.3 is 0 Å². The standard InChI is InChI=1S/C25H28F2N4O/c1-14-11-17(15(2)9-10-32)13-20-18(12-14)24(30-23(28-20)16-7-8-16)31-21-6-4-3-5-19(21)29-25(31)22(26)27/h3-6,11,15-17,22,32H,7-10,12-13H2,1-2H3. The summed E-state index contributed by atoms with van der Waals surface area (Å²) in [7, 11) is 0. The van der Waals surface area contributed by atoms with Crippen molar-refractivity contribution in [1.82, 2.24) is 19.5 Å². The lowest BCUT2D eigenvalue weighted by Crippen LogP contribution is -2.17. The van der Waals surface area contributed by atoms with E-state index in [2.05, 4.69) is 24.9 Å². The molecule has 1 saturated carbocycles. The minimum atomic E-state index is -2.71. The third kappa shape index (κ3) is 3.83. The van der Waals surface area contributed by atoms with Crippen molar-refractivity contribution >= 4 is 11.0 Å². The highest BCUT2D eigenvalue weighted by Crippen LogP contribution is 2.41. The quantitative estimate of drug-likeness (QED) is 0.530. The Labute approximate surface area is 186 Å². The Hall–Kier alpha value is -2.67. The van der Waals surface area contributed by atoms with E-state index in [1.807, 2.05) is 18.2 Å². The van der Waals surface area contributed by atoms with E-state index in [9.17, 15) is 13.9 Å². The van der Waals surface area contributed by atoms with Gasteiger partial charge in [-0.15, -0.1) is 0 Å². The maximum Gasteiger partial charge on any atom is 0.296 e. The Balaban J connectivity index is 1.73. The zero-order valence-corrected chi connectivity index (χ0v) is 18.4. The van der Waals surface area contributed by atoms with Gasteiger partial charge < -0.3 is 5.11 Å². The molecule has 5 nitrogen and oxygen atoms in total. The van der Waals surface area contributed by atoms with Crippen molar-refractivity contribution in [1.29, 1.82) is 0 Å². The average molecular weight is 439 g/mol. The Morgan fingerprint density at radius 2 is 1.94 bits per heavy atom. The van der Waals surface area contributed by atoms with Crippen LogP contribution in [0.25, 0.3) is 16.9 Å². The number of aliphatic hydroxyl groups excluding tert-OH is 1. The van der Waals surface area contributed by atoms with Crippen LogP contribution in [0.4, 0.5) is 8.78 Å². The van der Waals surface area contributed by atoms with Gasteiger partial charge in [0, 0.05) is 18.1 Å². The first-order chi connectivity index (χ1) is 15.5. The number of nitrogens with zero attached hydrogens (tertiary/aromatic N) is 4. The number of imidazole rings is 1. The smallest absolute Gasteiger partial charge is 0.296 e. The molecule has 3 aromatic rings. The van der Waals surface area contributed by atoms with Gasteiger partial charge in [-0.2, -0.15) is 0 Å². The zero-order valence-electron chi connectivity index (χ0n) is 18.4. The molecule has 7 heteroatoms. The summed E-state index contributed by atoms with van der Waals surface area (Å²) >= 11 is 0. The number of alkyl halides is 2. The summed E-state index contributed by atoms with van der Waals surface area (Å²) in [5, 5.41) is 9.45. The molecule has 1 fully saturated rings. The predicted molar refractivity (Wildman–Crippen MR) is 119 cm³/mol. The molecule has 1 N–H and O–H groups in total. The molecule has 0 saturated heterocycles. The van der Waals surface area contributed by atoms with E-state index >= 15 is 0 Å². The Kier molecular flexibility index (Phi) is 5.53. The molecule has 0 amide bonds. The highest BCUT2D eigenvalue weighted by molar-refractivity contribution is 5.78. The fourth-order valence-electron chi connectivity index (χ4n) is 4.78. The van der Waals surface area contributed by atoms with Gasteiger partial charge in [-0.05, 0) is 63.0 Å². The fraction of sp³-hybridized carbons (Fsp3) is 0.480. The van der Waals surface area contributed by atoms with Crippen molar-refractivity contribution < 1.29 is 13.9 Å². The van der Waals surface area contributed by atoms with Gasteiger partial charge in [-0.25, -0.2) is 23.7 Å². The number of halogens is 2. The molecule has 0 aliphatic heterocycles. The van der Waals surface area contributed by atoms with E-state index < -0.39 is 6.43 Å². The number of hydrogen-bond donors (Lipinski definition) is 1. The summed E-state index contributed by atoms with van der Waals surface area (Å²) < 4.78 is 29.8. The van der Waals surface area contributed by atoms with Gasteiger partial charge in [0.15, 0.2) is 5.82 Å². The van der Waals surface area contributed by atoms with Crippen LogP contribution < -0.4 is 0 Å². The lowest BCUT2D eigenvalue weighted by atomic mass is 9.87. The first kappa shape index (κ1) is 21.2. The molecule has 2 unspecified atom stereocenters. The van der Waals surface area contributed by atoms with Crippen molar-refractivity contribution in [2.24, 2.45) is 11.8 Å². The molecule has 5 rings (SSSR count). The van der Waals surface area contributed by atoms with Crippen LogP contribution in [0.1, 0.15) is 68.4 Å². The van der Waals surface area contributed by atoms with Crippen LogP contribution in [0.2, 0.25) is 0 Å². The molecule has 168 valence electrons. The molecule has 0 spiro atoms. The third-order valence-electron chi connectivity index (χ3n) is 6.72. The van der Waals surface area contributed by atoms with Crippen molar-refractivity contribution in [2.45, 2.75) is 58.3 Å². The summed E-state index contributed by atoms with van der Waals surface area (Å²) in [4.78, 5) is 14.1. The summed E-state index contributed by atoms with van der Waals surface area (Å²) in [5.41, 5.74) is 4.20. The van der Waals surface area contributed by atoms with Crippen LogP contribution in [0.5, 0.6) is 0 Å². The average Bonchev–Trinajstić information content (AvgIpc) is 3.56. The number of hydrogen-bond acceptors (Lipinski definition) is 4. The van der Waals surface area contributed by atoms with Gasteiger partial charge in [0.25, 0.3) is 6.43 Å². The Morgan fingerprint density at radius 3 is 2.66 bits per heavy atom. The van der Waals surface area contributed by atoms with Crippen LogP contribution in [0.15, 0.2) is 35.9 Å². The second kappa shape index (κ2) is 8.35. The Morgan fingerprint density at radius 1 is 1.16 bits per heavy atom. The molecule has 1 aromatic carbocycles. The largest absolute Gasteiger partial charge is 0.396 e. The number of para-hydroxylation sites is 2. The number of rotatable bonds is 6. The van der Waals surface area contributed by atoms with E-state index in [0.29, 0.717) is 35.1 Å². The number of fused-ring (bicyclic) bond motifs is 2. The molecule has 0 bridgehead atoms. The van der Waals surface area contributed by atoms with Gasteiger partial charge in [-0.3, -0.25) is 4.57 Å². The van der Waals surface area contributed by atoms with E-state index in [-0.39, 0.29) is 18.3 Å². The van der Waals surface area contributed by atoms with Crippen molar-refractivity contribution in [3.63, 3.8) is 0 Å². The van der Waals surface area contributed by atoms with Crippen LogP contribution in [-0.2, 0) is 12.8 Å². The van der Waals surface area contributed by atoms with E-state index in [1.54, 1.807) is 10.6 Å². The fourth-order valence-corrected chi connectivity index (χ4v) is 4.78. The highest BCUT2D eigenvalue weighted by Gasteiger charge is 2.32. The number of aliphatic hydroxyl groups is 1. The molecule has 2 aliphatic carbocycles. The van der Waals surface area contributed by atoms with Gasteiger partial charge in [0.2, 0.25) is 0 Å². The topological polar surface area (TPSA) is 63.8 Å². The van der Waals surface area contributed by atoms with Crippen LogP contribution in [0, 0.1) is 11.8 Å². The summed E-state index contributed by atoms with van der Waals surface area (Å²) in [6, 6.07) is 7.24. The number of allylic oxidation sites excluding steroid dienone is 2. The normalized spacial score (nSPS) is 19.7. The molecule has 2 atom stereocenters. The van der Waals surface area contributed by atoms with Gasteiger partial charge in [0.05, 0.1) is 16.7 Å². The van der Waals surface area contributed by atoms with E-state index in [0.717, 1.165) is 42.8 Å². The van der Waals surface area contributed by atoms with Crippen molar-refractivity contribution in [2.75, 3.05) is 6.61 Å². The maximum atomic E-state index is 14.1. The monoisotopic (exact) mass is 438 g/mol. The minimum absolute atomic E-state index is 0.151. The van der Waals surface area contributed by atoms with E-state index in [4.69, 9.17) is 9.97 Å². The second-order valence-electron chi connectivity index (χ2n) is 9.25. The van der Waals surface area contributed by atoms with Gasteiger partial charge in [-0.1, -0.05) is 30.7 Å². The lowest BCUT2D eigenvalue weighted by molar-refractivity contribution is 0.139. The lowest BCUT2D eigenvalue weighted by Gasteiger charge is -2.21. The SMILES string of the molecule is CC1=CC(C(C)CCO)Cc2nc(C3CC3)nc(-n3c(C(F)F)nc4ccccc43)c2C1. The number of aromatic nitrogens is 4. The van der Waals surface area contributed by atoms with Crippen molar-refractivity contribution in [3.05, 3.63) is 58.8 Å². The number of benzene rings is 1. The molecular weight excluding hydrogens is 410 g/mol. The minimum Gasteiger partial charge on any atom is -0.396 e. The Bertz CT molecular complexity index is 1180. The summed E-state index contributed by atoms with van der Waals surface area (Å²) in [6.45, 7) is 4.38. The maximum absolute atomic E-state index is 14.1. The zero-order chi connectivity index (χ0) is 22.4. The molecule has 2 aliphatic rings. The van der Waals surface area contributed by atoms with Crippen molar-refractivity contribution in [3.8, 4) is 5.82 Å². The summed E-state index contributed by atoms with van der Waals surface area (Å²) in [6.07, 6.45) is 3.68. The van der Waals surface area contributed by atoms with Crippen LogP contribution in [0.3, 0.4) is 0 Å². The first-order valence-electron chi connectivity index (χ1n) is 11.4. The highest BCUT2D eigenvalue weighted by atomic mass is 19.3. The van der Waals surface area contributed by atoms with Crippen LogP contribution in [-0.4, -0.2) is 31.2 Å².